The molecule has 1 amide bonds. The number of aromatic nitrogens is 2. The second-order valence-corrected chi connectivity index (χ2v) is 4.88. The Morgan fingerprint density at radius 1 is 1.44 bits per heavy atom. The van der Waals surface area contributed by atoms with E-state index in [1.165, 1.54) is 0 Å². The number of hydrogen-bond acceptors (Lipinski definition) is 3. The molecular formula is C13H24N4O. The molecule has 18 heavy (non-hydrogen) atoms. The molecule has 1 unspecified atom stereocenters. The van der Waals surface area contributed by atoms with Gasteiger partial charge in [-0.1, -0.05) is 20.8 Å². The van der Waals surface area contributed by atoms with E-state index in [0.29, 0.717) is 19.1 Å². The van der Waals surface area contributed by atoms with Crippen molar-refractivity contribution in [2.24, 2.45) is 0 Å². The Labute approximate surface area is 109 Å². The van der Waals surface area contributed by atoms with E-state index in [-0.39, 0.29) is 11.9 Å². The van der Waals surface area contributed by atoms with Crippen molar-refractivity contribution in [1.82, 2.24) is 20.2 Å². The van der Waals surface area contributed by atoms with Crippen molar-refractivity contribution in [2.45, 2.75) is 59.3 Å². The smallest absolute Gasteiger partial charge is 0.240 e. The van der Waals surface area contributed by atoms with Crippen LogP contribution in [0.15, 0.2) is 12.4 Å². The highest BCUT2D eigenvalue weighted by Gasteiger charge is 2.09. The first-order valence-corrected chi connectivity index (χ1v) is 6.55. The fourth-order valence-corrected chi connectivity index (χ4v) is 1.52. The monoisotopic (exact) mass is 252 g/mol. The summed E-state index contributed by atoms with van der Waals surface area (Å²) >= 11 is 0. The lowest BCUT2D eigenvalue weighted by Gasteiger charge is -2.13. The van der Waals surface area contributed by atoms with Crippen LogP contribution < -0.4 is 10.6 Å². The predicted molar refractivity (Wildman–Crippen MR) is 72.1 cm³/mol. The lowest BCUT2D eigenvalue weighted by atomic mass is 10.2. The molecule has 1 atom stereocenters. The van der Waals surface area contributed by atoms with Crippen LogP contribution in [0.1, 0.15) is 39.9 Å². The fourth-order valence-electron chi connectivity index (χ4n) is 1.52. The minimum atomic E-state index is 0.0353. The number of nitrogens with one attached hydrogen (secondary N) is 2. The van der Waals surface area contributed by atoms with Gasteiger partial charge in [-0.25, -0.2) is 4.98 Å². The van der Waals surface area contributed by atoms with Gasteiger partial charge in [-0.15, -0.1) is 0 Å². The highest BCUT2D eigenvalue weighted by Crippen LogP contribution is 1.99. The molecule has 1 aromatic rings. The molecule has 0 aliphatic carbocycles. The molecule has 0 bridgehead atoms. The summed E-state index contributed by atoms with van der Waals surface area (Å²) in [5, 5.41) is 6.25. The maximum atomic E-state index is 11.8. The summed E-state index contributed by atoms with van der Waals surface area (Å²) in [5.74, 6) is 0.927. The lowest BCUT2D eigenvalue weighted by molar-refractivity contribution is -0.122. The second kappa shape index (κ2) is 7.16. The lowest BCUT2D eigenvalue weighted by Crippen LogP contribution is -2.35. The van der Waals surface area contributed by atoms with Gasteiger partial charge in [0.25, 0.3) is 0 Å². The molecule has 0 aromatic carbocycles. The van der Waals surface area contributed by atoms with E-state index in [0.717, 1.165) is 12.2 Å². The molecule has 2 N–H and O–H groups in total. The van der Waals surface area contributed by atoms with Gasteiger partial charge in [0.2, 0.25) is 5.91 Å². The number of imidazole rings is 1. The van der Waals surface area contributed by atoms with Crippen LogP contribution in [0, 0.1) is 0 Å². The van der Waals surface area contributed by atoms with Gasteiger partial charge in [-0.3, -0.25) is 4.79 Å². The quantitative estimate of drug-likeness (QED) is 0.769. The molecule has 0 spiro atoms. The van der Waals surface area contributed by atoms with Gasteiger partial charge in [0.1, 0.15) is 12.4 Å². The third kappa shape index (κ3) is 4.87. The number of carbonyl (C=O) groups excluding carboxylic acids is 1. The van der Waals surface area contributed by atoms with E-state index in [2.05, 4.69) is 36.4 Å². The molecule has 1 aromatic heterocycles. The number of hydrogen-bond donors (Lipinski definition) is 2. The van der Waals surface area contributed by atoms with E-state index in [1.54, 1.807) is 6.20 Å². The van der Waals surface area contributed by atoms with Crippen molar-refractivity contribution in [1.29, 1.82) is 0 Å². The van der Waals surface area contributed by atoms with Crippen LogP contribution in [0.5, 0.6) is 0 Å². The molecule has 102 valence electrons. The average molecular weight is 252 g/mol. The van der Waals surface area contributed by atoms with E-state index in [9.17, 15) is 4.79 Å². The number of nitrogens with zero attached hydrogens (tertiary/aromatic N) is 2. The Morgan fingerprint density at radius 3 is 2.78 bits per heavy atom. The third-order valence-electron chi connectivity index (χ3n) is 2.80. The summed E-state index contributed by atoms with van der Waals surface area (Å²) in [5.41, 5.74) is 0. The number of amides is 1. The van der Waals surface area contributed by atoms with Crippen molar-refractivity contribution in [3.05, 3.63) is 18.2 Å². The van der Waals surface area contributed by atoms with E-state index in [4.69, 9.17) is 0 Å². The number of carbonyl (C=O) groups is 1. The largest absolute Gasteiger partial charge is 0.352 e. The standard InChI is InChI=1S/C13H24N4O/c1-5-11(4)16-13(18)9-17-7-6-14-12(17)8-15-10(2)3/h6-7,10-11,15H,5,8-9H2,1-4H3,(H,16,18). The van der Waals surface area contributed by atoms with Gasteiger partial charge < -0.3 is 15.2 Å². The van der Waals surface area contributed by atoms with Crippen LogP contribution in [-0.2, 0) is 17.9 Å². The van der Waals surface area contributed by atoms with E-state index in [1.807, 2.05) is 17.7 Å². The summed E-state index contributed by atoms with van der Waals surface area (Å²) in [6, 6.07) is 0.627. The second-order valence-electron chi connectivity index (χ2n) is 4.88. The molecule has 0 fully saturated rings. The topological polar surface area (TPSA) is 59.0 Å². The fraction of sp³-hybridized carbons (Fsp3) is 0.692. The summed E-state index contributed by atoms with van der Waals surface area (Å²) in [4.78, 5) is 16.1. The first-order chi connectivity index (χ1) is 8.52. The normalized spacial score (nSPS) is 12.7. The molecule has 0 saturated carbocycles. The van der Waals surface area contributed by atoms with Crippen molar-refractivity contribution < 1.29 is 4.79 Å². The first-order valence-electron chi connectivity index (χ1n) is 6.55. The Kier molecular flexibility index (Phi) is 5.85. The van der Waals surface area contributed by atoms with Gasteiger partial charge >= 0.3 is 0 Å². The Balaban J connectivity index is 2.51. The van der Waals surface area contributed by atoms with Gasteiger partial charge in [-0.2, -0.15) is 0 Å². The zero-order valence-corrected chi connectivity index (χ0v) is 11.7. The van der Waals surface area contributed by atoms with Gasteiger partial charge in [0, 0.05) is 24.5 Å². The summed E-state index contributed by atoms with van der Waals surface area (Å²) in [6.07, 6.45) is 4.51. The zero-order chi connectivity index (χ0) is 13.5. The van der Waals surface area contributed by atoms with E-state index < -0.39 is 0 Å². The van der Waals surface area contributed by atoms with Gasteiger partial charge in [0.05, 0.1) is 6.54 Å². The van der Waals surface area contributed by atoms with Gasteiger partial charge in [0.15, 0.2) is 0 Å². The van der Waals surface area contributed by atoms with Crippen molar-refractivity contribution in [2.75, 3.05) is 0 Å². The highest BCUT2D eigenvalue weighted by atomic mass is 16.2. The summed E-state index contributed by atoms with van der Waals surface area (Å²) < 4.78 is 1.88. The van der Waals surface area contributed by atoms with Crippen molar-refractivity contribution >= 4 is 5.91 Å². The van der Waals surface area contributed by atoms with Crippen LogP contribution in [-0.4, -0.2) is 27.5 Å². The van der Waals surface area contributed by atoms with Crippen LogP contribution in [0.4, 0.5) is 0 Å². The molecule has 0 aliphatic heterocycles. The Bertz CT molecular complexity index is 373. The highest BCUT2D eigenvalue weighted by molar-refractivity contribution is 5.76. The maximum absolute atomic E-state index is 11.8. The third-order valence-corrected chi connectivity index (χ3v) is 2.80. The van der Waals surface area contributed by atoms with Crippen molar-refractivity contribution in [3.63, 3.8) is 0 Å². The Morgan fingerprint density at radius 2 is 2.17 bits per heavy atom. The molecule has 5 nitrogen and oxygen atoms in total. The van der Waals surface area contributed by atoms with Crippen LogP contribution in [0.3, 0.4) is 0 Å². The minimum absolute atomic E-state index is 0.0353. The maximum Gasteiger partial charge on any atom is 0.240 e. The molecule has 0 saturated heterocycles. The summed E-state index contributed by atoms with van der Waals surface area (Å²) in [7, 11) is 0. The first kappa shape index (κ1) is 14.7. The van der Waals surface area contributed by atoms with Crippen LogP contribution in [0.2, 0.25) is 0 Å². The van der Waals surface area contributed by atoms with E-state index >= 15 is 0 Å². The molecule has 5 heteroatoms. The molecular weight excluding hydrogens is 228 g/mol. The number of rotatable bonds is 7. The van der Waals surface area contributed by atoms with Crippen molar-refractivity contribution in [3.8, 4) is 0 Å². The zero-order valence-electron chi connectivity index (χ0n) is 11.7. The summed E-state index contributed by atoms with van der Waals surface area (Å²) in [6.45, 7) is 9.25. The predicted octanol–water partition coefficient (Wildman–Crippen LogP) is 1.30. The molecule has 0 aliphatic rings. The average Bonchev–Trinajstić information content (AvgIpc) is 2.73. The van der Waals surface area contributed by atoms with Crippen LogP contribution in [0.25, 0.3) is 0 Å². The molecule has 1 heterocycles. The molecule has 1 rings (SSSR count). The van der Waals surface area contributed by atoms with Gasteiger partial charge in [-0.05, 0) is 13.3 Å². The Hall–Kier alpha value is -1.36. The SMILES string of the molecule is CCC(C)NC(=O)Cn1ccnc1CNC(C)C. The molecule has 0 radical (unpaired) electrons. The van der Waals surface area contributed by atoms with Crippen LogP contribution >= 0.6 is 0 Å². The minimum Gasteiger partial charge on any atom is -0.352 e.